The highest BCUT2D eigenvalue weighted by Gasteiger charge is 2.24. The molecule has 0 bridgehead atoms. The second-order valence-corrected chi connectivity index (χ2v) is 7.58. The molecule has 17 heavy (non-hydrogen) atoms. The van der Waals surface area contributed by atoms with Crippen molar-refractivity contribution < 1.29 is 8.42 Å². The lowest BCUT2D eigenvalue weighted by atomic mass is 10.1. The molecule has 0 spiro atoms. The van der Waals surface area contributed by atoms with Gasteiger partial charge < -0.3 is 5.32 Å². The van der Waals surface area contributed by atoms with Crippen molar-refractivity contribution in [2.45, 2.75) is 37.6 Å². The summed E-state index contributed by atoms with van der Waals surface area (Å²) in [7, 11) is -3.35. The number of hydrogen-bond donors (Lipinski definition) is 2. The van der Waals surface area contributed by atoms with E-state index >= 15 is 0 Å². The molecule has 4 nitrogen and oxygen atoms in total. The van der Waals surface area contributed by atoms with Crippen molar-refractivity contribution in [2.75, 3.05) is 13.1 Å². The minimum absolute atomic E-state index is 0.0216. The van der Waals surface area contributed by atoms with Crippen molar-refractivity contribution >= 4 is 21.4 Å². The van der Waals surface area contributed by atoms with E-state index in [2.05, 4.69) is 10.0 Å². The molecule has 1 aliphatic heterocycles. The average molecular weight is 274 g/mol. The van der Waals surface area contributed by atoms with E-state index < -0.39 is 10.0 Å². The van der Waals surface area contributed by atoms with Crippen molar-refractivity contribution in [1.29, 1.82) is 0 Å². The van der Waals surface area contributed by atoms with Gasteiger partial charge in [-0.05, 0) is 39.3 Å². The highest BCUT2D eigenvalue weighted by molar-refractivity contribution is 7.89. The van der Waals surface area contributed by atoms with E-state index in [1.807, 2.05) is 13.8 Å². The summed E-state index contributed by atoms with van der Waals surface area (Å²) in [6.45, 7) is 5.49. The first-order valence-electron chi connectivity index (χ1n) is 5.79. The molecule has 96 valence electrons. The first kappa shape index (κ1) is 13.0. The maximum atomic E-state index is 12.2. The fourth-order valence-electron chi connectivity index (χ4n) is 2.11. The number of thiophene rings is 1. The summed E-state index contributed by atoms with van der Waals surface area (Å²) in [5, 5.41) is 3.20. The van der Waals surface area contributed by atoms with Gasteiger partial charge in [-0.2, -0.15) is 0 Å². The van der Waals surface area contributed by atoms with Crippen LogP contribution in [0.2, 0.25) is 0 Å². The largest absolute Gasteiger partial charge is 0.315 e. The van der Waals surface area contributed by atoms with Gasteiger partial charge in [-0.25, -0.2) is 13.1 Å². The number of aryl methyl sites for hydroxylation is 2. The van der Waals surface area contributed by atoms with Crippen LogP contribution in [0.15, 0.2) is 11.0 Å². The van der Waals surface area contributed by atoms with Gasteiger partial charge in [-0.15, -0.1) is 11.3 Å². The van der Waals surface area contributed by atoms with Crippen LogP contribution in [-0.2, 0) is 10.0 Å². The summed E-state index contributed by atoms with van der Waals surface area (Å²) in [5.41, 5.74) is 0. The predicted octanol–water partition coefficient (Wildman–Crippen LogP) is 1.40. The van der Waals surface area contributed by atoms with Crippen LogP contribution >= 0.6 is 11.3 Å². The van der Waals surface area contributed by atoms with Gasteiger partial charge in [0.05, 0.1) is 4.90 Å². The van der Waals surface area contributed by atoms with Gasteiger partial charge in [-0.3, -0.25) is 0 Å². The smallest absolute Gasteiger partial charge is 0.241 e. The summed E-state index contributed by atoms with van der Waals surface area (Å²) in [5.74, 6) is 0. The Balaban J connectivity index is 2.15. The third-order valence-corrected chi connectivity index (χ3v) is 5.65. The Hall–Kier alpha value is -0.430. The van der Waals surface area contributed by atoms with Gasteiger partial charge in [0.2, 0.25) is 10.0 Å². The standard InChI is InChI=1S/C11H18N2O2S2/c1-8-6-11(9(2)16-8)17(14,15)13-10-4-3-5-12-7-10/h6,10,12-13H,3-5,7H2,1-2H3/t10-/m1/s1. The molecule has 6 heteroatoms. The van der Waals surface area contributed by atoms with E-state index in [1.165, 1.54) is 11.3 Å². The van der Waals surface area contributed by atoms with Crippen LogP contribution < -0.4 is 10.0 Å². The molecule has 0 aliphatic carbocycles. The predicted molar refractivity (Wildman–Crippen MR) is 70.0 cm³/mol. The van der Waals surface area contributed by atoms with Gasteiger partial charge >= 0.3 is 0 Å². The van der Waals surface area contributed by atoms with Gasteiger partial charge in [0.1, 0.15) is 0 Å². The summed E-state index contributed by atoms with van der Waals surface area (Å²) in [4.78, 5) is 2.33. The molecule has 0 saturated carbocycles. The molecule has 1 saturated heterocycles. The van der Waals surface area contributed by atoms with E-state index in [-0.39, 0.29) is 6.04 Å². The number of hydrogen-bond acceptors (Lipinski definition) is 4. The van der Waals surface area contributed by atoms with Crippen LogP contribution in [0.1, 0.15) is 22.6 Å². The zero-order valence-electron chi connectivity index (χ0n) is 10.1. The Kier molecular flexibility index (Phi) is 3.87. The monoisotopic (exact) mass is 274 g/mol. The molecule has 0 aromatic carbocycles. The molecule has 0 radical (unpaired) electrons. The Morgan fingerprint density at radius 3 is 2.76 bits per heavy atom. The SMILES string of the molecule is Cc1cc(S(=O)(=O)N[C@@H]2CCCNC2)c(C)s1. The first-order chi connectivity index (χ1) is 7.99. The number of piperidine rings is 1. The second-order valence-electron chi connectivity index (χ2n) is 4.44. The summed E-state index contributed by atoms with van der Waals surface area (Å²) >= 11 is 1.52. The van der Waals surface area contributed by atoms with E-state index in [4.69, 9.17) is 0 Å². The molecule has 1 atom stereocenters. The lowest BCUT2D eigenvalue weighted by molar-refractivity contribution is 0.428. The number of sulfonamides is 1. The Morgan fingerprint density at radius 1 is 1.47 bits per heavy atom. The third kappa shape index (κ3) is 3.07. The minimum atomic E-state index is -3.35. The zero-order chi connectivity index (χ0) is 12.5. The lowest BCUT2D eigenvalue weighted by Crippen LogP contribution is -2.45. The minimum Gasteiger partial charge on any atom is -0.315 e. The van der Waals surface area contributed by atoms with Crippen molar-refractivity contribution in [2.24, 2.45) is 0 Å². The molecule has 2 heterocycles. The molecule has 1 aliphatic rings. The van der Waals surface area contributed by atoms with Crippen LogP contribution in [0.5, 0.6) is 0 Å². The maximum absolute atomic E-state index is 12.2. The van der Waals surface area contributed by atoms with Crippen LogP contribution in [0.25, 0.3) is 0 Å². The Bertz CT molecular complexity index is 488. The van der Waals surface area contributed by atoms with Crippen LogP contribution in [0.3, 0.4) is 0 Å². The topological polar surface area (TPSA) is 58.2 Å². The van der Waals surface area contributed by atoms with Crippen molar-refractivity contribution in [3.05, 3.63) is 15.8 Å². The molecule has 1 fully saturated rings. The molecule has 2 rings (SSSR count). The van der Waals surface area contributed by atoms with Gasteiger partial charge in [0.25, 0.3) is 0 Å². The van der Waals surface area contributed by atoms with Crippen molar-refractivity contribution in [3.8, 4) is 0 Å². The van der Waals surface area contributed by atoms with Crippen LogP contribution in [-0.4, -0.2) is 27.5 Å². The highest BCUT2D eigenvalue weighted by Crippen LogP contribution is 2.25. The zero-order valence-corrected chi connectivity index (χ0v) is 11.7. The van der Waals surface area contributed by atoms with Crippen molar-refractivity contribution in [3.63, 3.8) is 0 Å². The number of nitrogens with one attached hydrogen (secondary N) is 2. The number of rotatable bonds is 3. The summed E-state index contributed by atoms with van der Waals surface area (Å²) in [6.07, 6.45) is 1.93. The summed E-state index contributed by atoms with van der Waals surface area (Å²) in [6, 6.07) is 1.77. The van der Waals surface area contributed by atoms with Gasteiger partial charge in [0, 0.05) is 22.3 Å². The highest BCUT2D eigenvalue weighted by atomic mass is 32.2. The Morgan fingerprint density at radius 2 is 2.24 bits per heavy atom. The Labute approximate surface area is 106 Å². The van der Waals surface area contributed by atoms with E-state index in [1.54, 1.807) is 6.07 Å². The normalized spacial score (nSPS) is 21.6. The second kappa shape index (κ2) is 5.06. The molecule has 0 unspecified atom stereocenters. The maximum Gasteiger partial charge on any atom is 0.241 e. The molecule has 1 aromatic rings. The van der Waals surface area contributed by atoms with Crippen LogP contribution in [0, 0.1) is 13.8 Å². The quantitative estimate of drug-likeness (QED) is 0.876. The third-order valence-electron chi connectivity index (χ3n) is 2.90. The average Bonchev–Trinajstić information content (AvgIpc) is 2.59. The summed E-state index contributed by atoms with van der Waals surface area (Å²) < 4.78 is 27.2. The molecule has 0 amide bonds. The first-order valence-corrected chi connectivity index (χ1v) is 8.09. The van der Waals surface area contributed by atoms with E-state index in [9.17, 15) is 8.42 Å². The molecule has 2 N–H and O–H groups in total. The van der Waals surface area contributed by atoms with Gasteiger partial charge in [0.15, 0.2) is 0 Å². The fraction of sp³-hybridized carbons (Fsp3) is 0.636. The van der Waals surface area contributed by atoms with E-state index in [0.29, 0.717) is 4.90 Å². The fourth-order valence-corrected chi connectivity index (χ4v) is 4.93. The van der Waals surface area contributed by atoms with E-state index in [0.717, 1.165) is 35.7 Å². The van der Waals surface area contributed by atoms with Crippen molar-refractivity contribution in [1.82, 2.24) is 10.0 Å². The molecular weight excluding hydrogens is 256 g/mol. The molecular formula is C11H18N2O2S2. The lowest BCUT2D eigenvalue weighted by Gasteiger charge is -2.23. The van der Waals surface area contributed by atoms with Gasteiger partial charge in [-0.1, -0.05) is 0 Å². The molecule has 1 aromatic heterocycles. The van der Waals surface area contributed by atoms with Crippen LogP contribution in [0.4, 0.5) is 0 Å².